The first-order chi connectivity index (χ1) is 7.31. The topological polar surface area (TPSA) is 42.1 Å². The number of anilines is 1. The van der Waals surface area contributed by atoms with Gasteiger partial charge in [0.1, 0.15) is 0 Å². The Labute approximate surface area is 95.3 Å². The van der Waals surface area contributed by atoms with Crippen LogP contribution in [0.5, 0.6) is 0 Å². The Morgan fingerprint density at radius 1 is 1.60 bits per heavy atom. The van der Waals surface area contributed by atoms with Crippen LogP contribution in [0.25, 0.3) is 0 Å². The molecule has 1 saturated heterocycles. The van der Waals surface area contributed by atoms with Gasteiger partial charge in [-0.3, -0.25) is 0 Å². The van der Waals surface area contributed by atoms with E-state index in [9.17, 15) is 0 Å². The second-order valence-electron chi connectivity index (χ2n) is 4.19. The van der Waals surface area contributed by atoms with E-state index in [0.29, 0.717) is 6.04 Å². The number of hydrogen-bond acceptors (Lipinski definition) is 4. The van der Waals surface area contributed by atoms with Gasteiger partial charge in [0.15, 0.2) is 5.13 Å². The summed E-state index contributed by atoms with van der Waals surface area (Å²) in [6.07, 6.45) is 5.00. The molecule has 0 radical (unpaired) electrons. The van der Waals surface area contributed by atoms with Crippen LogP contribution < -0.4 is 10.6 Å². The second kappa shape index (κ2) is 4.94. The summed E-state index contributed by atoms with van der Waals surface area (Å²) in [6.45, 7) is 3.99. The Kier molecular flexibility index (Phi) is 3.59. The summed E-state index contributed by atoms with van der Waals surface area (Å²) in [4.78, 5) is 7.02. The molecule has 15 heavy (non-hydrogen) atoms. The van der Waals surface area contributed by atoms with Crippen LogP contribution in [0, 0.1) is 6.92 Å². The van der Waals surface area contributed by atoms with Gasteiger partial charge >= 0.3 is 0 Å². The number of aromatic nitrogens is 1. The molecule has 2 N–H and O–H groups in total. The lowest BCUT2D eigenvalue weighted by Gasteiger charge is -2.35. The third kappa shape index (κ3) is 2.49. The highest BCUT2D eigenvalue weighted by molar-refractivity contribution is 7.13. The summed E-state index contributed by atoms with van der Waals surface area (Å²) in [5.41, 5.74) is 6.79. The zero-order valence-corrected chi connectivity index (χ0v) is 10.1. The van der Waals surface area contributed by atoms with Crippen LogP contribution in [0.15, 0.2) is 5.38 Å². The molecule has 1 aromatic rings. The third-order valence-electron chi connectivity index (χ3n) is 2.98. The molecule has 0 amide bonds. The Morgan fingerprint density at radius 3 is 3.13 bits per heavy atom. The molecular weight excluding hydrogens is 206 g/mol. The van der Waals surface area contributed by atoms with E-state index in [0.717, 1.165) is 25.2 Å². The summed E-state index contributed by atoms with van der Waals surface area (Å²) in [5, 5.41) is 3.31. The molecule has 0 aromatic carbocycles. The zero-order valence-electron chi connectivity index (χ0n) is 9.28. The van der Waals surface area contributed by atoms with Gasteiger partial charge < -0.3 is 10.6 Å². The van der Waals surface area contributed by atoms with E-state index < -0.39 is 0 Å². The molecule has 0 bridgehead atoms. The molecule has 2 heterocycles. The average molecular weight is 225 g/mol. The van der Waals surface area contributed by atoms with Crippen molar-refractivity contribution in [3.05, 3.63) is 11.1 Å². The fourth-order valence-electron chi connectivity index (χ4n) is 2.22. The maximum atomic E-state index is 5.66. The van der Waals surface area contributed by atoms with Crippen LogP contribution >= 0.6 is 11.3 Å². The van der Waals surface area contributed by atoms with Crippen LogP contribution in [0.4, 0.5) is 5.13 Å². The smallest absolute Gasteiger partial charge is 0.185 e. The van der Waals surface area contributed by atoms with Crippen molar-refractivity contribution in [3.8, 4) is 0 Å². The predicted octanol–water partition coefficient (Wildman–Crippen LogP) is 2.16. The number of nitrogens with zero attached hydrogens (tertiary/aromatic N) is 2. The SMILES string of the molecule is Cc1csc(N2CCCCC2CCN)n1. The van der Waals surface area contributed by atoms with Gasteiger partial charge in [-0.25, -0.2) is 4.98 Å². The molecule has 84 valence electrons. The Bertz CT molecular complexity index is 309. The molecule has 1 unspecified atom stereocenters. The van der Waals surface area contributed by atoms with E-state index >= 15 is 0 Å². The van der Waals surface area contributed by atoms with Crippen LogP contribution in [0.1, 0.15) is 31.4 Å². The second-order valence-corrected chi connectivity index (χ2v) is 5.03. The summed E-state index contributed by atoms with van der Waals surface area (Å²) < 4.78 is 0. The zero-order chi connectivity index (χ0) is 10.7. The first-order valence-corrected chi connectivity index (χ1v) is 6.58. The minimum Gasteiger partial charge on any atom is -0.345 e. The lowest BCUT2D eigenvalue weighted by atomic mass is 10.0. The molecule has 1 aromatic heterocycles. The van der Waals surface area contributed by atoms with Crippen LogP contribution in [-0.4, -0.2) is 24.1 Å². The summed E-state index contributed by atoms with van der Waals surface area (Å²) in [7, 11) is 0. The van der Waals surface area contributed by atoms with E-state index in [1.54, 1.807) is 11.3 Å². The van der Waals surface area contributed by atoms with Gasteiger partial charge in [0.2, 0.25) is 0 Å². The van der Waals surface area contributed by atoms with Crippen molar-refractivity contribution < 1.29 is 0 Å². The van der Waals surface area contributed by atoms with Crippen LogP contribution in [0.3, 0.4) is 0 Å². The number of aryl methyl sites for hydroxylation is 1. The van der Waals surface area contributed by atoms with Crippen molar-refractivity contribution in [1.82, 2.24) is 4.98 Å². The Balaban J connectivity index is 2.10. The average Bonchev–Trinajstić information content (AvgIpc) is 2.66. The minimum absolute atomic E-state index is 0.620. The highest BCUT2D eigenvalue weighted by Gasteiger charge is 2.23. The Morgan fingerprint density at radius 2 is 2.47 bits per heavy atom. The molecule has 1 atom stereocenters. The van der Waals surface area contributed by atoms with Gasteiger partial charge in [0.25, 0.3) is 0 Å². The standard InChI is InChI=1S/C11H19N3S/c1-9-8-15-11(13-9)14-7-3-2-4-10(14)5-6-12/h8,10H,2-7,12H2,1H3. The molecular formula is C11H19N3S. The number of hydrogen-bond donors (Lipinski definition) is 1. The molecule has 3 nitrogen and oxygen atoms in total. The molecule has 1 aliphatic heterocycles. The first kappa shape index (κ1) is 10.9. The highest BCUT2D eigenvalue weighted by atomic mass is 32.1. The maximum Gasteiger partial charge on any atom is 0.185 e. The number of piperidine rings is 1. The summed E-state index contributed by atoms with van der Waals surface area (Å²) in [6, 6.07) is 0.620. The van der Waals surface area contributed by atoms with Crippen LogP contribution in [0.2, 0.25) is 0 Å². The van der Waals surface area contributed by atoms with Crippen LogP contribution in [-0.2, 0) is 0 Å². The minimum atomic E-state index is 0.620. The van der Waals surface area contributed by atoms with Crippen molar-refractivity contribution in [3.63, 3.8) is 0 Å². The molecule has 2 rings (SSSR count). The maximum absolute atomic E-state index is 5.66. The molecule has 1 fully saturated rings. The predicted molar refractivity (Wildman–Crippen MR) is 65.5 cm³/mol. The molecule has 0 aliphatic carbocycles. The van der Waals surface area contributed by atoms with Crippen molar-refractivity contribution in [2.75, 3.05) is 18.0 Å². The van der Waals surface area contributed by atoms with E-state index in [2.05, 4.69) is 22.2 Å². The largest absolute Gasteiger partial charge is 0.345 e. The van der Waals surface area contributed by atoms with Gasteiger partial charge in [-0.1, -0.05) is 0 Å². The fourth-order valence-corrected chi connectivity index (χ4v) is 3.12. The van der Waals surface area contributed by atoms with Gasteiger partial charge in [0.05, 0.1) is 5.69 Å². The van der Waals surface area contributed by atoms with E-state index in [-0.39, 0.29) is 0 Å². The van der Waals surface area contributed by atoms with E-state index in [1.165, 1.54) is 24.4 Å². The lowest BCUT2D eigenvalue weighted by Crippen LogP contribution is -2.40. The summed E-state index contributed by atoms with van der Waals surface area (Å²) in [5.74, 6) is 0. The summed E-state index contributed by atoms with van der Waals surface area (Å²) >= 11 is 1.76. The van der Waals surface area contributed by atoms with Crippen molar-refractivity contribution in [1.29, 1.82) is 0 Å². The number of nitrogens with two attached hydrogens (primary N) is 1. The quantitative estimate of drug-likeness (QED) is 0.857. The fraction of sp³-hybridized carbons (Fsp3) is 0.727. The van der Waals surface area contributed by atoms with Crippen molar-refractivity contribution in [2.24, 2.45) is 5.73 Å². The number of rotatable bonds is 3. The molecule has 0 spiro atoms. The number of thiazole rings is 1. The monoisotopic (exact) mass is 225 g/mol. The molecule has 0 saturated carbocycles. The first-order valence-electron chi connectivity index (χ1n) is 5.70. The lowest BCUT2D eigenvalue weighted by molar-refractivity contribution is 0.441. The third-order valence-corrected chi connectivity index (χ3v) is 3.98. The van der Waals surface area contributed by atoms with E-state index in [4.69, 9.17) is 5.73 Å². The van der Waals surface area contributed by atoms with Gasteiger partial charge in [-0.05, 0) is 39.2 Å². The highest BCUT2D eigenvalue weighted by Crippen LogP contribution is 2.28. The normalized spacial score (nSPS) is 22.0. The van der Waals surface area contributed by atoms with Gasteiger partial charge in [0, 0.05) is 18.0 Å². The van der Waals surface area contributed by atoms with Gasteiger partial charge in [-0.2, -0.15) is 0 Å². The van der Waals surface area contributed by atoms with E-state index in [1.807, 2.05) is 0 Å². The molecule has 1 aliphatic rings. The van der Waals surface area contributed by atoms with Gasteiger partial charge in [-0.15, -0.1) is 11.3 Å². The van der Waals surface area contributed by atoms with Crippen molar-refractivity contribution >= 4 is 16.5 Å². The van der Waals surface area contributed by atoms with Crippen molar-refractivity contribution in [2.45, 2.75) is 38.6 Å². The Hall–Kier alpha value is -0.610. The molecule has 4 heteroatoms.